The second-order valence-corrected chi connectivity index (χ2v) is 5.72. The molecule has 1 aliphatic rings. The summed E-state index contributed by atoms with van der Waals surface area (Å²) >= 11 is 3.21. The van der Waals surface area contributed by atoms with Crippen LogP contribution in [-0.2, 0) is 4.74 Å². The van der Waals surface area contributed by atoms with Crippen LogP contribution in [0.3, 0.4) is 0 Å². The van der Waals surface area contributed by atoms with Gasteiger partial charge < -0.3 is 10.1 Å². The number of rotatable bonds is 2. The smallest absolute Gasteiger partial charge is 0.137 e. The lowest BCUT2D eigenvalue weighted by Crippen LogP contribution is -2.36. The van der Waals surface area contributed by atoms with Crippen molar-refractivity contribution < 1.29 is 9.13 Å². The number of nitrogens with one attached hydrogen (secondary N) is 1. The van der Waals surface area contributed by atoms with Gasteiger partial charge in [0, 0.05) is 6.54 Å². The van der Waals surface area contributed by atoms with E-state index in [0.717, 1.165) is 12.1 Å². The maximum absolute atomic E-state index is 13.2. The minimum atomic E-state index is -0.250. The molecule has 1 aliphatic heterocycles. The molecule has 4 heteroatoms. The SMILES string of the molecule is Fc1ccc(C2CNC(c3ccccc3)CO2)cc1Br. The van der Waals surface area contributed by atoms with Gasteiger partial charge in [-0.1, -0.05) is 36.4 Å². The number of ether oxygens (including phenoxy) is 1. The van der Waals surface area contributed by atoms with Crippen LogP contribution >= 0.6 is 15.9 Å². The zero-order chi connectivity index (χ0) is 13.9. The number of hydrogen-bond donors (Lipinski definition) is 1. The summed E-state index contributed by atoms with van der Waals surface area (Å²) in [6, 6.07) is 15.5. The molecule has 0 aliphatic carbocycles. The fourth-order valence-corrected chi connectivity index (χ4v) is 2.80. The highest BCUT2D eigenvalue weighted by molar-refractivity contribution is 9.10. The third kappa shape index (κ3) is 2.92. The molecule has 2 unspecified atom stereocenters. The first-order valence-corrected chi connectivity index (χ1v) is 7.38. The first kappa shape index (κ1) is 13.7. The Morgan fingerprint density at radius 3 is 2.55 bits per heavy atom. The minimum Gasteiger partial charge on any atom is -0.370 e. The molecule has 1 saturated heterocycles. The van der Waals surface area contributed by atoms with E-state index in [1.165, 1.54) is 11.6 Å². The molecule has 0 bridgehead atoms. The van der Waals surface area contributed by atoms with Crippen LogP contribution in [0, 0.1) is 5.82 Å². The largest absolute Gasteiger partial charge is 0.370 e. The first-order chi connectivity index (χ1) is 9.74. The van der Waals surface area contributed by atoms with Gasteiger partial charge in [-0.3, -0.25) is 0 Å². The molecule has 3 rings (SSSR count). The summed E-state index contributed by atoms with van der Waals surface area (Å²) in [6.07, 6.45) is -0.0353. The average molecular weight is 336 g/mol. The minimum absolute atomic E-state index is 0.0353. The summed E-state index contributed by atoms with van der Waals surface area (Å²) in [5.74, 6) is -0.250. The fraction of sp³-hybridized carbons (Fsp3) is 0.250. The quantitative estimate of drug-likeness (QED) is 0.895. The Balaban J connectivity index is 1.68. The lowest BCUT2D eigenvalue weighted by atomic mass is 10.0. The summed E-state index contributed by atoms with van der Waals surface area (Å²) in [7, 11) is 0. The Labute approximate surface area is 126 Å². The van der Waals surface area contributed by atoms with E-state index in [4.69, 9.17) is 4.74 Å². The van der Waals surface area contributed by atoms with Crippen molar-refractivity contribution in [2.75, 3.05) is 13.2 Å². The van der Waals surface area contributed by atoms with Gasteiger partial charge in [0.15, 0.2) is 0 Å². The van der Waals surface area contributed by atoms with E-state index in [2.05, 4.69) is 33.4 Å². The number of halogens is 2. The zero-order valence-electron chi connectivity index (χ0n) is 10.9. The Hall–Kier alpha value is -1.23. The summed E-state index contributed by atoms with van der Waals surface area (Å²) in [4.78, 5) is 0. The van der Waals surface area contributed by atoms with Gasteiger partial charge in [0.1, 0.15) is 5.82 Å². The van der Waals surface area contributed by atoms with E-state index in [9.17, 15) is 4.39 Å². The van der Waals surface area contributed by atoms with Crippen molar-refractivity contribution in [3.05, 3.63) is 69.9 Å². The van der Waals surface area contributed by atoms with E-state index in [1.807, 2.05) is 18.2 Å². The lowest BCUT2D eigenvalue weighted by molar-refractivity contribution is 0.00231. The highest BCUT2D eigenvalue weighted by Gasteiger charge is 2.23. The highest BCUT2D eigenvalue weighted by Crippen LogP contribution is 2.28. The third-order valence-electron chi connectivity index (χ3n) is 3.53. The second kappa shape index (κ2) is 6.04. The molecule has 0 aromatic heterocycles. The van der Waals surface area contributed by atoms with Crippen LogP contribution in [0.15, 0.2) is 53.0 Å². The Morgan fingerprint density at radius 1 is 1.10 bits per heavy atom. The molecule has 0 radical (unpaired) electrons. The van der Waals surface area contributed by atoms with Gasteiger partial charge in [-0.05, 0) is 39.2 Å². The van der Waals surface area contributed by atoms with Gasteiger partial charge in [0.05, 0.1) is 23.2 Å². The molecule has 1 fully saturated rings. The van der Waals surface area contributed by atoms with Crippen molar-refractivity contribution in [2.45, 2.75) is 12.1 Å². The zero-order valence-corrected chi connectivity index (χ0v) is 12.4. The maximum atomic E-state index is 13.2. The summed E-state index contributed by atoms with van der Waals surface area (Å²) in [5.41, 5.74) is 2.21. The average Bonchev–Trinajstić information content (AvgIpc) is 2.51. The molecule has 2 aromatic carbocycles. The fourth-order valence-electron chi connectivity index (χ4n) is 2.41. The van der Waals surface area contributed by atoms with E-state index in [1.54, 1.807) is 12.1 Å². The molecule has 0 spiro atoms. The monoisotopic (exact) mass is 335 g/mol. The normalized spacial score (nSPS) is 22.7. The predicted molar refractivity (Wildman–Crippen MR) is 80.0 cm³/mol. The van der Waals surface area contributed by atoms with Crippen molar-refractivity contribution in [3.63, 3.8) is 0 Å². The summed E-state index contributed by atoms with van der Waals surface area (Å²) in [6.45, 7) is 1.33. The molecule has 1 heterocycles. The topological polar surface area (TPSA) is 21.3 Å². The van der Waals surface area contributed by atoms with E-state index in [-0.39, 0.29) is 18.0 Å². The van der Waals surface area contributed by atoms with Crippen LogP contribution in [0.5, 0.6) is 0 Å². The predicted octanol–water partition coefficient (Wildman–Crippen LogP) is 3.99. The Morgan fingerprint density at radius 2 is 1.90 bits per heavy atom. The van der Waals surface area contributed by atoms with Gasteiger partial charge in [0.2, 0.25) is 0 Å². The van der Waals surface area contributed by atoms with Gasteiger partial charge in [0.25, 0.3) is 0 Å². The van der Waals surface area contributed by atoms with E-state index in [0.29, 0.717) is 11.1 Å². The molecule has 0 amide bonds. The van der Waals surface area contributed by atoms with Gasteiger partial charge >= 0.3 is 0 Å². The van der Waals surface area contributed by atoms with Crippen molar-refractivity contribution in [3.8, 4) is 0 Å². The third-order valence-corrected chi connectivity index (χ3v) is 4.14. The van der Waals surface area contributed by atoms with E-state index >= 15 is 0 Å². The van der Waals surface area contributed by atoms with Crippen LogP contribution < -0.4 is 5.32 Å². The van der Waals surface area contributed by atoms with Crippen LogP contribution in [0.2, 0.25) is 0 Å². The van der Waals surface area contributed by atoms with Gasteiger partial charge in [-0.25, -0.2) is 4.39 Å². The number of morpholine rings is 1. The van der Waals surface area contributed by atoms with Crippen LogP contribution in [0.25, 0.3) is 0 Å². The molecule has 2 atom stereocenters. The summed E-state index contributed by atoms with van der Waals surface area (Å²) in [5, 5.41) is 3.48. The van der Waals surface area contributed by atoms with E-state index < -0.39 is 0 Å². The first-order valence-electron chi connectivity index (χ1n) is 6.59. The van der Waals surface area contributed by atoms with Crippen LogP contribution in [0.1, 0.15) is 23.3 Å². The molecular formula is C16H15BrFNO. The van der Waals surface area contributed by atoms with Crippen molar-refractivity contribution in [1.29, 1.82) is 0 Å². The number of hydrogen-bond acceptors (Lipinski definition) is 2. The maximum Gasteiger partial charge on any atom is 0.137 e. The Kier molecular flexibility index (Phi) is 4.15. The summed E-state index contributed by atoms with van der Waals surface area (Å²) < 4.78 is 19.6. The lowest BCUT2D eigenvalue weighted by Gasteiger charge is -2.31. The molecule has 104 valence electrons. The van der Waals surface area contributed by atoms with Gasteiger partial charge in [-0.2, -0.15) is 0 Å². The standard InChI is InChI=1S/C16H15BrFNO/c17-13-8-12(6-7-14(13)18)16-9-19-15(10-20-16)11-4-2-1-3-5-11/h1-8,15-16,19H,9-10H2. The van der Waals surface area contributed by atoms with Crippen molar-refractivity contribution in [1.82, 2.24) is 5.32 Å². The van der Waals surface area contributed by atoms with Crippen molar-refractivity contribution >= 4 is 15.9 Å². The van der Waals surface area contributed by atoms with Gasteiger partial charge in [-0.15, -0.1) is 0 Å². The van der Waals surface area contributed by atoms with Crippen molar-refractivity contribution in [2.24, 2.45) is 0 Å². The molecule has 2 aromatic rings. The molecule has 1 N–H and O–H groups in total. The molecule has 20 heavy (non-hydrogen) atoms. The molecule has 2 nitrogen and oxygen atoms in total. The van der Waals surface area contributed by atoms with Crippen LogP contribution in [0.4, 0.5) is 4.39 Å². The molecular weight excluding hydrogens is 321 g/mol. The molecule has 0 saturated carbocycles. The highest BCUT2D eigenvalue weighted by atomic mass is 79.9. The Bertz CT molecular complexity index is 582. The van der Waals surface area contributed by atoms with Crippen LogP contribution in [-0.4, -0.2) is 13.2 Å². The number of benzene rings is 2. The second-order valence-electron chi connectivity index (χ2n) is 4.87.